The number of aromatic carboxylic acids is 1. The summed E-state index contributed by atoms with van der Waals surface area (Å²) >= 11 is 6.04. The predicted octanol–water partition coefficient (Wildman–Crippen LogP) is 3.37. The van der Waals surface area contributed by atoms with Crippen LogP contribution in [-0.2, 0) is 4.74 Å². The third kappa shape index (κ3) is 3.39. The summed E-state index contributed by atoms with van der Waals surface area (Å²) in [7, 11) is 1.69. The van der Waals surface area contributed by atoms with E-state index in [1.807, 2.05) is 0 Å². The number of carbonyl (C=O) groups is 1. The third-order valence-corrected chi connectivity index (χ3v) is 3.69. The molecular weight excluding hydrogens is 268 g/mol. The molecule has 2 rings (SSSR count). The Morgan fingerprint density at radius 1 is 1.37 bits per heavy atom. The van der Waals surface area contributed by atoms with Crippen molar-refractivity contribution in [3.05, 3.63) is 28.8 Å². The second-order valence-corrected chi connectivity index (χ2v) is 5.09. The number of hydrogen-bond acceptors (Lipinski definition) is 3. The number of halogens is 1. The molecule has 1 aromatic carbocycles. The van der Waals surface area contributed by atoms with E-state index in [2.05, 4.69) is 0 Å². The summed E-state index contributed by atoms with van der Waals surface area (Å²) in [5.74, 6) is -0.768. The Kier molecular flexibility index (Phi) is 4.66. The second kappa shape index (κ2) is 6.26. The van der Waals surface area contributed by atoms with Crippen LogP contribution in [0.15, 0.2) is 18.2 Å². The Labute approximate surface area is 117 Å². The first kappa shape index (κ1) is 14.2. The van der Waals surface area contributed by atoms with Crippen molar-refractivity contribution in [2.45, 2.75) is 37.9 Å². The number of rotatable bonds is 4. The topological polar surface area (TPSA) is 55.8 Å². The summed E-state index contributed by atoms with van der Waals surface area (Å²) in [5, 5.41) is 9.49. The van der Waals surface area contributed by atoms with Gasteiger partial charge in [0.15, 0.2) is 5.75 Å². The maximum atomic E-state index is 11.2. The number of carboxylic acid groups (broad SMARTS) is 1. The van der Waals surface area contributed by atoms with E-state index >= 15 is 0 Å². The highest BCUT2D eigenvalue weighted by Gasteiger charge is 2.25. The summed E-state index contributed by atoms with van der Waals surface area (Å²) in [6, 6.07) is 4.75. The number of carboxylic acids is 1. The van der Waals surface area contributed by atoms with Crippen LogP contribution in [0.2, 0.25) is 5.02 Å². The molecular formula is C14H17ClO4. The molecule has 1 saturated carbocycles. The molecule has 1 aliphatic rings. The lowest BCUT2D eigenvalue weighted by Crippen LogP contribution is -2.30. The van der Waals surface area contributed by atoms with E-state index in [1.54, 1.807) is 19.2 Å². The normalized spacial score (nSPS) is 23.1. The van der Waals surface area contributed by atoms with Crippen molar-refractivity contribution in [3.8, 4) is 5.75 Å². The lowest BCUT2D eigenvalue weighted by Gasteiger charge is -2.29. The number of benzene rings is 1. The van der Waals surface area contributed by atoms with Crippen molar-refractivity contribution in [1.29, 1.82) is 0 Å². The summed E-state index contributed by atoms with van der Waals surface area (Å²) in [4.78, 5) is 11.2. The fraction of sp³-hybridized carbons (Fsp3) is 0.500. The molecule has 0 spiro atoms. The van der Waals surface area contributed by atoms with E-state index in [9.17, 15) is 4.79 Å². The van der Waals surface area contributed by atoms with Crippen LogP contribution >= 0.6 is 11.6 Å². The molecule has 1 aliphatic carbocycles. The molecule has 0 bridgehead atoms. The number of para-hydroxylation sites is 1. The van der Waals surface area contributed by atoms with E-state index in [1.165, 1.54) is 6.07 Å². The molecule has 104 valence electrons. The molecule has 4 nitrogen and oxygen atoms in total. The van der Waals surface area contributed by atoms with Crippen molar-refractivity contribution in [3.63, 3.8) is 0 Å². The third-order valence-electron chi connectivity index (χ3n) is 3.39. The SMILES string of the molecule is COC1CCCC(Oc2c(Cl)cccc2C(=O)O)C1. The average Bonchev–Trinajstić information content (AvgIpc) is 2.41. The summed E-state index contributed by atoms with van der Waals surface area (Å²) in [6.07, 6.45) is 3.82. The fourth-order valence-electron chi connectivity index (χ4n) is 2.39. The average molecular weight is 285 g/mol. The lowest BCUT2D eigenvalue weighted by atomic mass is 9.95. The van der Waals surface area contributed by atoms with Crippen molar-refractivity contribution in [2.75, 3.05) is 7.11 Å². The van der Waals surface area contributed by atoms with Crippen molar-refractivity contribution in [1.82, 2.24) is 0 Å². The van der Waals surface area contributed by atoms with E-state index in [0.717, 1.165) is 25.7 Å². The van der Waals surface area contributed by atoms with Crippen LogP contribution in [0.25, 0.3) is 0 Å². The van der Waals surface area contributed by atoms with Crippen LogP contribution in [-0.4, -0.2) is 30.4 Å². The van der Waals surface area contributed by atoms with Gasteiger partial charge in [0.2, 0.25) is 0 Å². The smallest absolute Gasteiger partial charge is 0.339 e. The van der Waals surface area contributed by atoms with Crippen LogP contribution in [0.5, 0.6) is 5.75 Å². The first-order valence-electron chi connectivity index (χ1n) is 6.33. The molecule has 0 amide bonds. The van der Waals surface area contributed by atoms with Gasteiger partial charge in [-0.05, 0) is 31.4 Å². The number of methoxy groups -OCH3 is 1. The maximum Gasteiger partial charge on any atom is 0.339 e. The van der Waals surface area contributed by atoms with Crippen LogP contribution in [0.1, 0.15) is 36.0 Å². The molecule has 1 N–H and O–H groups in total. The Bertz CT molecular complexity index is 461. The predicted molar refractivity (Wildman–Crippen MR) is 72.1 cm³/mol. The molecule has 0 radical (unpaired) electrons. The number of hydrogen-bond donors (Lipinski definition) is 1. The largest absolute Gasteiger partial charge is 0.488 e. The second-order valence-electron chi connectivity index (χ2n) is 4.69. The molecule has 0 saturated heterocycles. The van der Waals surface area contributed by atoms with E-state index in [4.69, 9.17) is 26.2 Å². The zero-order chi connectivity index (χ0) is 13.8. The van der Waals surface area contributed by atoms with Gasteiger partial charge < -0.3 is 14.6 Å². The van der Waals surface area contributed by atoms with Crippen molar-refractivity contribution in [2.24, 2.45) is 0 Å². The highest BCUT2D eigenvalue weighted by atomic mass is 35.5. The van der Waals surface area contributed by atoms with Gasteiger partial charge in [0, 0.05) is 13.5 Å². The van der Waals surface area contributed by atoms with Crippen LogP contribution in [0.3, 0.4) is 0 Å². The Balaban J connectivity index is 2.16. The minimum atomic E-state index is -1.03. The minimum absolute atomic E-state index is 0.0447. The standard InChI is InChI=1S/C14H17ClO4/c1-18-9-4-2-5-10(8-9)19-13-11(14(16)17)6-3-7-12(13)15/h3,6-7,9-10H,2,4-5,8H2,1H3,(H,16,17). The van der Waals surface area contributed by atoms with Gasteiger partial charge in [-0.3, -0.25) is 0 Å². The summed E-state index contributed by atoms with van der Waals surface area (Å²) < 4.78 is 11.2. The van der Waals surface area contributed by atoms with Crippen LogP contribution in [0.4, 0.5) is 0 Å². The Hall–Kier alpha value is -1.26. The van der Waals surface area contributed by atoms with E-state index < -0.39 is 5.97 Å². The Morgan fingerprint density at radius 2 is 2.11 bits per heavy atom. The number of ether oxygens (including phenoxy) is 2. The molecule has 19 heavy (non-hydrogen) atoms. The molecule has 1 fully saturated rings. The molecule has 0 aliphatic heterocycles. The van der Waals surface area contributed by atoms with Gasteiger partial charge >= 0.3 is 5.97 Å². The van der Waals surface area contributed by atoms with Gasteiger partial charge in [0.25, 0.3) is 0 Å². The first-order valence-corrected chi connectivity index (χ1v) is 6.71. The highest BCUT2D eigenvalue weighted by molar-refractivity contribution is 6.32. The first-order chi connectivity index (χ1) is 9.11. The van der Waals surface area contributed by atoms with Gasteiger partial charge in [0.05, 0.1) is 11.1 Å². The highest BCUT2D eigenvalue weighted by Crippen LogP contribution is 2.33. The van der Waals surface area contributed by atoms with Crippen molar-refractivity contribution < 1.29 is 19.4 Å². The molecule has 0 heterocycles. The molecule has 2 unspecified atom stereocenters. The van der Waals surface area contributed by atoms with E-state index in [0.29, 0.717) is 5.02 Å². The zero-order valence-corrected chi connectivity index (χ0v) is 11.5. The quantitative estimate of drug-likeness (QED) is 0.921. The van der Waals surface area contributed by atoms with Crippen LogP contribution in [0, 0.1) is 0 Å². The molecule has 0 aromatic heterocycles. The monoisotopic (exact) mass is 284 g/mol. The molecule has 1 aromatic rings. The van der Waals surface area contributed by atoms with Crippen molar-refractivity contribution >= 4 is 17.6 Å². The van der Waals surface area contributed by atoms with Gasteiger partial charge in [0.1, 0.15) is 11.7 Å². The molecule has 5 heteroatoms. The van der Waals surface area contributed by atoms with Crippen LogP contribution < -0.4 is 4.74 Å². The fourth-order valence-corrected chi connectivity index (χ4v) is 2.61. The van der Waals surface area contributed by atoms with Gasteiger partial charge in [-0.2, -0.15) is 0 Å². The maximum absolute atomic E-state index is 11.2. The zero-order valence-electron chi connectivity index (χ0n) is 10.8. The van der Waals surface area contributed by atoms with Gasteiger partial charge in [-0.1, -0.05) is 17.7 Å². The lowest BCUT2D eigenvalue weighted by molar-refractivity contribution is 0.0205. The Morgan fingerprint density at radius 3 is 2.79 bits per heavy atom. The summed E-state index contributed by atoms with van der Waals surface area (Å²) in [6.45, 7) is 0. The van der Waals surface area contributed by atoms with E-state index in [-0.39, 0.29) is 23.5 Å². The minimum Gasteiger partial charge on any atom is -0.488 e. The van der Waals surface area contributed by atoms with Gasteiger partial charge in [-0.15, -0.1) is 0 Å². The summed E-state index contributed by atoms with van der Waals surface area (Å²) in [5.41, 5.74) is 0.104. The van der Waals surface area contributed by atoms with Gasteiger partial charge in [-0.25, -0.2) is 4.79 Å². The molecule has 2 atom stereocenters.